The lowest BCUT2D eigenvalue weighted by atomic mass is 10.1. The molecule has 82 valence electrons. The highest BCUT2D eigenvalue weighted by Crippen LogP contribution is 2.25. The van der Waals surface area contributed by atoms with Crippen molar-refractivity contribution in [3.8, 4) is 11.4 Å². The van der Waals surface area contributed by atoms with Crippen molar-refractivity contribution in [1.29, 1.82) is 0 Å². The maximum atomic E-state index is 11.2. The molecule has 1 heterocycles. The normalized spacial score (nSPS) is 10.4. The molecule has 0 atom stereocenters. The Morgan fingerprint density at radius 3 is 2.81 bits per heavy atom. The number of H-pyrrole nitrogens is 1. The molecule has 0 saturated carbocycles. The van der Waals surface area contributed by atoms with Crippen molar-refractivity contribution in [2.75, 3.05) is 5.73 Å². The lowest BCUT2D eigenvalue weighted by Gasteiger charge is -2.06. The fourth-order valence-corrected chi connectivity index (χ4v) is 1.76. The van der Waals surface area contributed by atoms with Crippen molar-refractivity contribution >= 4 is 21.9 Å². The van der Waals surface area contributed by atoms with Crippen LogP contribution in [0.3, 0.4) is 0 Å². The van der Waals surface area contributed by atoms with Gasteiger partial charge in [0.15, 0.2) is 0 Å². The van der Waals surface area contributed by atoms with Crippen LogP contribution in [0.2, 0.25) is 0 Å². The molecule has 0 spiro atoms. The summed E-state index contributed by atoms with van der Waals surface area (Å²) in [6.07, 6.45) is 0. The molecule has 0 radical (unpaired) electrons. The molecule has 0 aliphatic carbocycles. The molecular formula is C10H9BrN4O. The van der Waals surface area contributed by atoms with E-state index in [0.29, 0.717) is 5.82 Å². The van der Waals surface area contributed by atoms with E-state index in [2.05, 4.69) is 30.9 Å². The van der Waals surface area contributed by atoms with E-state index in [9.17, 15) is 4.79 Å². The van der Waals surface area contributed by atoms with Crippen molar-refractivity contribution in [3.05, 3.63) is 38.7 Å². The summed E-state index contributed by atoms with van der Waals surface area (Å²) < 4.78 is 0.947. The van der Waals surface area contributed by atoms with Crippen molar-refractivity contribution < 1.29 is 0 Å². The van der Waals surface area contributed by atoms with Crippen LogP contribution in [0.15, 0.2) is 27.5 Å². The number of benzene rings is 1. The van der Waals surface area contributed by atoms with Gasteiger partial charge in [-0.1, -0.05) is 28.1 Å². The highest BCUT2D eigenvalue weighted by molar-refractivity contribution is 9.10. The molecule has 3 N–H and O–H groups in total. The molecule has 2 rings (SSSR count). The minimum Gasteiger partial charge on any atom is -0.368 e. The van der Waals surface area contributed by atoms with Crippen molar-refractivity contribution in [1.82, 2.24) is 15.0 Å². The minimum atomic E-state index is -0.498. The van der Waals surface area contributed by atoms with Crippen molar-refractivity contribution in [2.45, 2.75) is 6.92 Å². The average Bonchev–Trinajstić information content (AvgIpc) is 2.20. The third-order valence-corrected chi connectivity index (χ3v) is 3.05. The molecule has 0 fully saturated rings. The Labute approximate surface area is 99.9 Å². The van der Waals surface area contributed by atoms with Gasteiger partial charge in [-0.25, -0.2) is 4.79 Å². The number of nitrogens with two attached hydrogens (primary N) is 1. The number of nitrogens with one attached hydrogen (secondary N) is 1. The molecule has 0 saturated heterocycles. The Morgan fingerprint density at radius 2 is 2.12 bits per heavy atom. The Hall–Kier alpha value is -1.69. The van der Waals surface area contributed by atoms with Crippen molar-refractivity contribution in [3.63, 3.8) is 0 Å². The minimum absolute atomic E-state index is 0.0295. The van der Waals surface area contributed by atoms with Crippen LogP contribution in [0, 0.1) is 6.92 Å². The largest absolute Gasteiger partial charge is 0.368 e. The Morgan fingerprint density at radius 1 is 1.38 bits per heavy atom. The monoisotopic (exact) mass is 280 g/mol. The quantitative estimate of drug-likeness (QED) is 0.829. The van der Waals surface area contributed by atoms with Gasteiger partial charge in [-0.15, -0.1) is 0 Å². The third kappa shape index (κ3) is 1.96. The maximum Gasteiger partial charge on any atom is 0.349 e. The van der Waals surface area contributed by atoms with E-state index in [4.69, 9.17) is 5.73 Å². The van der Waals surface area contributed by atoms with Crippen LogP contribution in [-0.2, 0) is 0 Å². The van der Waals surface area contributed by atoms with Crippen LogP contribution in [0.1, 0.15) is 5.56 Å². The molecule has 16 heavy (non-hydrogen) atoms. The zero-order valence-corrected chi connectivity index (χ0v) is 10.1. The number of anilines is 1. The van der Waals surface area contributed by atoms with Gasteiger partial charge >= 0.3 is 5.69 Å². The molecule has 1 aromatic carbocycles. The first kappa shape index (κ1) is 10.8. The summed E-state index contributed by atoms with van der Waals surface area (Å²) in [5, 5.41) is 0. The Bertz CT molecular complexity index is 594. The number of hydrogen-bond donors (Lipinski definition) is 2. The molecule has 6 heteroatoms. The maximum absolute atomic E-state index is 11.2. The van der Waals surface area contributed by atoms with Gasteiger partial charge < -0.3 is 5.73 Å². The molecule has 0 aliphatic heterocycles. The van der Waals surface area contributed by atoms with Gasteiger partial charge in [0.1, 0.15) is 5.82 Å². The zero-order valence-electron chi connectivity index (χ0n) is 8.49. The van der Waals surface area contributed by atoms with Gasteiger partial charge in [0.2, 0.25) is 5.95 Å². The van der Waals surface area contributed by atoms with E-state index in [-0.39, 0.29) is 5.95 Å². The molecule has 5 nitrogen and oxygen atoms in total. The van der Waals surface area contributed by atoms with Crippen LogP contribution >= 0.6 is 15.9 Å². The van der Waals surface area contributed by atoms with Crippen LogP contribution in [-0.4, -0.2) is 15.0 Å². The first-order valence-corrected chi connectivity index (χ1v) is 5.36. The summed E-state index contributed by atoms with van der Waals surface area (Å²) in [4.78, 5) is 21.2. The standard InChI is InChI=1S/C10H9BrN4O/c1-5-6(3-2-4-7(5)11)8-13-9(12)15-10(16)14-8/h2-4H,1H3,(H3,12,13,14,15,16). The summed E-state index contributed by atoms with van der Waals surface area (Å²) in [5.74, 6) is 0.398. The van der Waals surface area contributed by atoms with Crippen LogP contribution < -0.4 is 11.4 Å². The smallest absolute Gasteiger partial charge is 0.349 e. The lowest BCUT2D eigenvalue weighted by Crippen LogP contribution is -2.15. The molecule has 0 unspecified atom stereocenters. The SMILES string of the molecule is Cc1c(Br)cccc1-c1nc(N)nc(=O)[nH]1. The molecule has 0 bridgehead atoms. The fraction of sp³-hybridized carbons (Fsp3) is 0.100. The van der Waals surface area contributed by atoms with Crippen LogP contribution in [0.4, 0.5) is 5.95 Å². The lowest BCUT2D eigenvalue weighted by molar-refractivity contribution is 1.01. The highest BCUT2D eigenvalue weighted by atomic mass is 79.9. The number of aromatic nitrogens is 3. The van der Waals surface area contributed by atoms with Crippen molar-refractivity contribution in [2.24, 2.45) is 0 Å². The summed E-state index contributed by atoms with van der Waals surface area (Å²) in [6.45, 7) is 1.93. The average molecular weight is 281 g/mol. The van der Waals surface area contributed by atoms with E-state index in [0.717, 1.165) is 15.6 Å². The molecule has 0 amide bonds. The number of hydrogen-bond acceptors (Lipinski definition) is 4. The van der Waals surface area contributed by atoms with Gasteiger partial charge in [-0.2, -0.15) is 9.97 Å². The van der Waals surface area contributed by atoms with E-state index < -0.39 is 5.69 Å². The topological polar surface area (TPSA) is 84.7 Å². The van der Waals surface area contributed by atoms with Gasteiger partial charge in [0, 0.05) is 10.0 Å². The van der Waals surface area contributed by atoms with Crippen LogP contribution in [0.25, 0.3) is 11.4 Å². The first-order valence-electron chi connectivity index (χ1n) is 4.57. The molecule has 0 aliphatic rings. The zero-order chi connectivity index (χ0) is 11.7. The van der Waals surface area contributed by atoms with Gasteiger partial charge in [0.25, 0.3) is 0 Å². The van der Waals surface area contributed by atoms with Gasteiger partial charge in [-0.3, -0.25) is 4.98 Å². The fourth-order valence-electron chi connectivity index (χ4n) is 1.39. The molecular weight excluding hydrogens is 272 g/mol. The summed E-state index contributed by atoms with van der Waals surface area (Å²) in [7, 11) is 0. The van der Waals surface area contributed by atoms with Crippen LogP contribution in [0.5, 0.6) is 0 Å². The number of nitrogens with zero attached hydrogens (tertiary/aromatic N) is 2. The van der Waals surface area contributed by atoms with Gasteiger partial charge in [-0.05, 0) is 18.6 Å². The van der Waals surface area contributed by atoms with E-state index in [1.165, 1.54) is 0 Å². The third-order valence-electron chi connectivity index (χ3n) is 2.19. The van der Waals surface area contributed by atoms with E-state index in [1.54, 1.807) is 0 Å². The second-order valence-electron chi connectivity index (χ2n) is 3.27. The summed E-state index contributed by atoms with van der Waals surface area (Å²) in [6, 6.07) is 5.64. The van der Waals surface area contributed by atoms with E-state index in [1.807, 2.05) is 25.1 Å². The molecule has 1 aromatic heterocycles. The molecule has 2 aromatic rings. The first-order chi connectivity index (χ1) is 7.58. The highest BCUT2D eigenvalue weighted by Gasteiger charge is 2.07. The predicted octanol–water partition coefficient (Wildman–Crippen LogP) is 1.49. The van der Waals surface area contributed by atoms with E-state index >= 15 is 0 Å². The number of rotatable bonds is 1. The number of nitrogen functional groups attached to an aromatic ring is 1. The van der Waals surface area contributed by atoms with Gasteiger partial charge in [0.05, 0.1) is 0 Å². The second-order valence-corrected chi connectivity index (χ2v) is 4.13. The predicted molar refractivity (Wildman–Crippen MR) is 64.9 cm³/mol. The Kier molecular flexibility index (Phi) is 2.74. The Balaban J connectivity index is 2.67. The number of aromatic amines is 1. The summed E-state index contributed by atoms with van der Waals surface area (Å²) in [5.41, 5.74) is 6.74. The number of halogens is 1. The second kappa shape index (κ2) is 4.05. The summed E-state index contributed by atoms with van der Waals surface area (Å²) >= 11 is 3.41.